The molecule has 0 atom stereocenters. The lowest BCUT2D eigenvalue weighted by atomic mass is 10.2. The lowest BCUT2D eigenvalue weighted by Crippen LogP contribution is -2.13. The van der Waals surface area contributed by atoms with E-state index < -0.39 is 11.7 Å². The third kappa shape index (κ3) is 2.99. The quantitative estimate of drug-likeness (QED) is 0.604. The summed E-state index contributed by atoms with van der Waals surface area (Å²) >= 11 is 1.35. The highest BCUT2D eigenvalue weighted by Crippen LogP contribution is 2.26. The summed E-state index contributed by atoms with van der Waals surface area (Å²) in [6.07, 6.45) is 0. The van der Waals surface area contributed by atoms with Crippen molar-refractivity contribution in [2.24, 2.45) is 0 Å². The predicted octanol–water partition coefficient (Wildman–Crippen LogP) is 3.99. The average Bonchev–Trinajstić information content (AvgIpc) is 3.16. The standard InChI is InChI=1S/C17H10F2N4OS/c18-12-5-1-10(2-6-12)14-9-25-17-21-16(22-23(14)17)20-15(24)11-3-7-13(19)8-4-11/h1-9H,(H,20,22,24). The minimum Gasteiger partial charge on any atom is -0.289 e. The number of amides is 1. The zero-order valence-corrected chi connectivity index (χ0v) is 13.4. The van der Waals surface area contributed by atoms with Gasteiger partial charge in [-0.05, 0) is 48.5 Å². The van der Waals surface area contributed by atoms with Crippen molar-refractivity contribution >= 4 is 28.2 Å². The molecule has 0 radical (unpaired) electrons. The van der Waals surface area contributed by atoms with Gasteiger partial charge in [-0.3, -0.25) is 10.1 Å². The van der Waals surface area contributed by atoms with E-state index in [1.165, 1.54) is 47.7 Å². The highest BCUT2D eigenvalue weighted by molar-refractivity contribution is 7.15. The van der Waals surface area contributed by atoms with E-state index in [2.05, 4.69) is 15.4 Å². The van der Waals surface area contributed by atoms with Gasteiger partial charge >= 0.3 is 0 Å². The van der Waals surface area contributed by atoms with Gasteiger partial charge in [0.1, 0.15) is 11.6 Å². The van der Waals surface area contributed by atoms with Crippen LogP contribution in [0.15, 0.2) is 53.9 Å². The fourth-order valence-corrected chi connectivity index (χ4v) is 3.16. The zero-order valence-electron chi connectivity index (χ0n) is 12.6. The molecule has 0 aliphatic heterocycles. The molecule has 124 valence electrons. The Labute approximate surface area is 144 Å². The molecule has 0 saturated carbocycles. The molecule has 2 heterocycles. The summed E-state index contributed by atoms with van der Waals surface area (Å²) in [6.45, 7) is 0. The molecule has 0 aliphatic rings. The van der Waals surface area contributed by atoms with Crippen molar-refractivity contribution in [2.75, 3.05) is 5.32 Å². The number of nitrogens with zero attached hydrogens (tertiary/aromatic N) is 3. The molecule has 8 heteroatoms. The van der Waals surface area contributed by atoms with Crippen LogP contribution in [0.5, 0.6) is 0 Å². The van der Waals surface area contributed by atoms with Crippen LogP contribution < -0.4 is 5.32 Å². The number of hydrogen-bond donors (Lipinski definition) is 1. The number of rotatable bonds is 3. The number of benzene rings is 2. The van der Waals surface area contributed by atoms with E-state index in [-0.39, 0.29) is 11.8 Å². The number of hydrogen-bond acceptors (Lipinski definition) is 4. The molecule has 4 aromatic rings. The summed E-state index contributed by atoms with van der Waals surface area (Å²) in [5.74, 6) is -1.02. The van der Waals surface area contributed by atoms with Crippen LogP contribution in [-0.4, -0.2) is 20.5 Å². The molecule has 0 bridgehead atoms. The molecule has 0 aliphatic carbocycles. The molecule has 0 fully saturated rings. The Morgan fingerprint density at radius 1 is 1.00 bits per heavy atom. The smallest absolute Gasteiger partial charge is 0.258 e. The van der Waals surface area contributed by atoms with Crippen molar-refractivity contribution in [2.45, 2.75) is 0 Å². The van der Waals surface area contributed by atoms with Crippen molar-refractivity contribution in [3.05, 3.63) is 71.1 Å². The van der Waals surface area contributed by atoms with Crippen molar-refractivity contribution in [1.29, 1.82) is 0 Å². The molecule has 1 amide bonds. The van der Waals surface area contributed by atoms with Crippen LogP contribution in [0.4, 0.5) is 14.7 Å². The number of nitrogens with one attached hydrogen (secondary N) is 1. The third-order valence-electron chi connectivity index (χ3n) is 3.55. The van der Waals surface area contributed by atoms with Crippen LogP contribution in [-0.2, 0) is 0 Å². The maximum atomic E-state index is 13.1. The average molecular weight is 356 g/mol. The zero-order chi connectivity index (χ0) is 17.4. The molecule has 25 heavy (non-hydrogen) atoms. The number of carbonyl (C=O) groups excluding carboxylic acids is 1. The fourth-order valence-electron chi connectivity index (χ4n) is 2.33. The van der Waals surface area contributed by atoms with Crippen molar-refractivity contribution < 1.29 is 13.6 Å². The van der Waals surface area contributed by atoms with E-state index in [0.29, 0.717) is 10.5 Å². The van der Waals surface area contributed by atoms with Crippen molar-refractivity contribution in [3.63, 3.8) is 0 Å². The predicted molar refractivity (Wildman–Crippen MR) is 90.6 cm³/mol. The first-order valence-electron chi connectivity index (χ1n) is 7.27. The van der Waals surface area contributed by atoms with Crippen molar-refractivity contribution in [1.82, 2.24) is 14.6 Å². The summed E-state index contributed by atoms with van der Waals surface area (Å²) in [5.41, 5.74) is 1.84. The third-order valence-corrected chi connectivity index (χ3v) is 4.37. The molecule has 5 nitrogen and oxygen atoms in total. The molecule has 0 unspecified atom stereocenters. The monoisotopic (exact) mass is 356 g/mol. The summed E-state index contributed by atoms with van der Waals surface area (Å²) < 4.78 is 27.6. The number of thiazole rings is 1. The van der Waals surface area contributed by atoms with Gasteiger partial charge in [0.25, 0.3) is 11.9 Å². The van der Waals surface area contributed by atoms with Crippen LogP contribution in [0.1, 0.15) is 10.4 Å². The topological polar surface area (TPSA) is 59.3 Å². The minimum absolute atomic E-state index is 0.143. The summed E-state index contributed by atoms with van der Waals surface area (Å²) in [6, 6.07) is 11.2. The van der Waals surface area contributed by atoms with E-state index in [4.69, 9.17) is 0 Å². The number of aromatic nitrogens is 3. The van der Waals surface area contributed by atoms with Crippen LogP contribution >= 0.6 is 11.3 Å². The second-order valence-corrected chi connectivity index (χ2v) is 6.06. The summed E-state index contributed by atoms with van der Waals surface area (Å²) in [4.78, 5) is 17.0. The molecule has 2 aromatic carbocycles. The molecular weight excluding hydrogens is 346 g/mol. The number of carbonyl (C=O) groups is 1. The van der Waals surface area contributed by atoms with Gasteiger partial charge in [0.15, 0.2) is 0 Å². The Bertz CT molecular complexity index is 1050. The van der Waals surface area contributed by atoms with Gasteiger partial charge in [-0.2, -0.15) is 4.98 Å². The molecule has 4 rings (SSSR count). The molecule has 1 N–H and O–H groups in total. The van der Waals surface area contributed by atoms with Gasteiger partial charge in [-0.1, -0.05) is 0 Å². The first-order chi connectivity index (χ1) is 12.1. The SMILES string of the molecule is O=C(Nc1nc2scc(-c3ccc(F)cc3)n2n1)c1ccc(F)cc1. The largest absolute Gasteiger partial charge is 0.289 e. The summed E-state index contributed by atoms with van der Waals surface area (Å²) in [5, 5.41) is 8.71. The van der Waals surface area contributed by atoms with Crippen LogP contribution in [0.3, 0.4) is 0 Å². The number of halogens is 2. The first kappa shape index (κ1) is 15.4. The minimum atomic E-state index is -0.429. The summed E-state index contributed by atoms with van der Waals surface area (Å²) in [7, 11) is 0. The van der Waals surface area contributed by atoms with Gasteiger partial charge in [0.05, 0.1) is 5.69 Å². The Morgan fingerprint density at radius 3 is 2.32 bits per heavy atom. The van der Waals surface area contributed by atoms with Gasteiger partial charge in [-0.25, -0.2) is 13.3 Å². The second kappa shape index (κ2) is 6.06. The highest BCUT2D eigenvalue weighted by atomic mass is 32.1. The molecular formula is C17H10F2N4OS. The van der Waals surface area contributed by atoms with Gasteiger partial charge < -0.3 is 0 Å². The number of fused-ring (bicyclic) bond motifs is 1. The van der Waals surface area contributed by atoms with E-state index in [1.54, 1.807) is 16.6 Å². The lowest BCUT2D eigenvalue weighted by Gasteiger charge is -2.01. The van der Waals surface area contributed by atoms with Gasteiger partial charge in [0.2, 0.25) is 4.96 Å². The van der Waals surface area contributed by atoms with E-state index >= 15 is 0 Å². The first-order valence-corrected chi connectivity index (χ1v) is 8.15. The molecule has 0 spiro atoms. The Morgan fingerprint density at radius 2 is 1.64 bits per heavy atom. The maximum absolute atomic E-state index is 13.1. The van der Waals surface area contributed by atoms with Crippen LogP contribution in [0.2, 0.25) is 0 Å². The Kier molecular flexibility index (Phi) is 3.73. The molecule has 0 saturated heterocycles. The highest BCUT2D eigenvalue weighted by Gasteiger charge is 2.14. The number of anilines is 1. The van der Waals surface area contributed by atoms with Crippen LogP contribution in [0.25, 0.3) is 16.2 Å². The van der Waals surface area contributed by atoms with E-state index in [9.17, 15) is 13.6 Å². The normalized spacial score (nSPS) is 11.0. The Balaban J connectivity index is 1.62. The Hall–Kier alpha value is -3.13. The lowest BCUT2D eigenvalue weighted by molar-refractivity contribution is 0.102. The fraction of sp³-hybridized carbons (Fsp3) is 0. The van der Waals surface area contributed by atoms with E-state index in [1.807, 2.05) is 5.38 Å². The van der Waals surface area contributed by atoms with Crippen molar-refractivity contribution in [3.8, 4) is 11.3 Å². The van der Waals surface area contributed by atoms with Crippen LogP contribution in [0, 0.1) is 11.6 Å². The van der Waals surface area contributed by atoms with Gasteiger partial charge in [0, 0.05) is 16.5 Å². The second-order valence-electron chi connectivity index (χ2n) is 5.22. The van der Waals surface area contributed by atoms with Gasteiger partial charge in [-0.15, -0.1) is 16.4 Å². The van der Waals surface area contributed by atoms with E-state index in [0.717, 1.165) is 11.3 Å². The molecule has 2 aromatic heterocycles. The maximum Gasteiger partial charge on any atom is 0.258 e.